The summed E-state index contributed by atoms with van der Waals surface area (Å²) in [4.78, 5) is 14.2. The van der Waals surface area contributed by atoms with E-state index in [0.29, 0.717) is 11.9 Å². The monoisotopic (exact) mass is 214 g/mol. The van der Waals surface area contributed by atoms with E-state index in [1.165, 1.54) is 0 Å². The number of nitrogens with zero attached hydrogens (tertiary/aromatic N) is 1. The van der Waals surface area contributed by atoms with Crippen LogP contribution in [0.25, 0.3) is 0 Å². The number of hydrogen-bond acceptors (Lipinski definition) is 3. The largest absolute Gasteiger partial charge is 0.340 e. The summed E-state index contributed by atoms with van der Waals surface area (Å²) in [6.45, 7) is 6.87. The van der Waals surface area contributed by atoms with Gasteiger partial charge in [-0.15, -0.1) is 0 Å². The van der Waals surface area contributed by atoms with Crippen LogP contribution < -0.4 is 5.32 Å². The molecule has 2 rings (SSSR count). The van der Waals surface area contributed by atoms with Gasteiger partial charge in [0.25, 0.3) is 0 Å². The van der Waals surface area contributed by atoms with Crippen LogP contribution in [0.3, 0.4) is 0 Å². The average Bonchev–Trinajstić information content (AvgIpc) is 2.28. The summed E-state index contributed by atoms with van der Waals surface area (Å²) in [7, 11) is 0. The molecule has 2 saturated heterocycles. The van der Waals surface area contributed by atoms with Crippen molar-refractivity contribution in [2.75, 3.05) is 31.1 Å². The molecule has 1 atom stereocenters. The third-order valence-corrected chi connectivity index (χ3v) is 4.31. The second kappa shape index (κ2) is 3.74. The maximum Gasteiger partial charge on any atom is 0.229 e. The smallest absolute Gasteiger partial charge is 0.229 e. The second-order valence-corrected chi connectivity index (χ2v) is 5.75. The summed E-state index contributed by atoms with van der Waals surface area (Å²) in [5.41, 5.74) is -0.232. The molecule has 14 heavy (non-hydrogen) atoms. The molecule has 1 amide bonds. The van der Waals surface area contributed by atoms with Gasteiger partial charge in [0.15, 0.2) is 0 Å². The van der Waals surface area contributed by atoms with E-state index in [0.717, 1.165) is 31.1 Å². The van der Waals surface area contributed by atoms with Crippen LogP contribution in [0.2, 0.25) is 0 Å². The quantitative estimate of drug-likeness (QED) is 0.639. The van der Waals surface area contributed by atoms with Gasteiger partial charge in [0.05, 0.1) is 5.41 Å². The number of rotatable bonds is 0. The molecule has 1 unspecified atom stereocenters. The first-order valence-corrected chi connectivity index (χ1v) is 6.38. The van der Waals surface area contributed by atoms with Gasteiger partial charge in [-0.3, -0.25) is 4.79 Å². The third kappa shape index (κ3) is 1.65. The molecule has 80 valence electrons. The van der Waals surface area contributed by atoms with E-state index in [2.05, 4.69) is 19.2 Å². The van der Waals surface area contributed by atoms with Gasteiger partial charge in [-0.25, -0.2) is 0 Å². The average molecular weight is 214 g/mol. The summed E-state index contributed by atoms with van der Waals surface area (Å²) in [5.74, 6) is 2.47. The number of nitrogens with one attached hydrogen (secondary N) is 1. The van der Waals surface area contributed by atoms with Gasteiger partial charge in [-0.1, -0.05) is 0 Å². The fourth-order valence-electron chi connectivity index (χ4n) is 2.14. The Morgan fingerprint density at radius 2 is 2.29 bits per heavy atom. The van der Waals surface area contributed by atoms with Crippen LogP contribution in [-0.2, 0) is 4.79 Å². The third-order valence-electron chi connectivity index (χ3n) is 3.27. The Morgan fingerprint density at radius 3 is 3.07 bits per heavy atom. The highest BCUT2D eigenvalue weighted by molar-refractivity contribution is 7.99. The highest BCUT2D eigenvalue weighted by Crippen LogP contribution is 2.30. The molecule has 0 aliphatic carbocycles. The van der Waals surface area contributed by atoms with Crippen molar-refractivity contribution < 1.29 is 4.79 Å². The normalized spacial score (nSPS) is 32.3. The summed E-state index contributed by atoms with van der Waals surface area (Å²) in [6, 6.07) is 0.338. The van der Waals surface area contributed by atoms with Gasteiger partial charge in [0.1, 0.15) is 0 Å². The predicted octanol–water partition coefficient (Wildman–Crippen LogP) is 0.560. The maximum atomic E-state index is 12.2. The molecule has 2 fully saturated rings. The molecule has 2 aliphatic rings. The van der Waals surface area contributed by atoms with E-state index >= 15 is 0 Å². The van der Waals surface area contributed by atoms with Crippen LogP contribution in [0, 0.1) is 5.41 Å². The van der Waals surface area contributed by atoms with Crippen LogP contribution in [0.5, 0.6) is 0 Å². The van der Waals surface area contributed by atoms with Crippen LogP contribution in [0.15, 0.2) is 0 Å². The van der Waals surface area contributed by atoms with Crippen LogP contribution in [-0.4, -0.2) is 48.0 Å². The molecule has 4 heteroatoms. The fraction of sp³-hybridized carbons (Fsp3) is 0.900. The number of carbonyl (C=O) groups is 1. The molecule has 0 aromatic heterocycles. The van der Waals surface area contributed by atoms with Crippen molar-refractivity contribution in [3.8, 4) is 0 Å². The molecule has 0 aromatic carbocycles. The Kier molecular flexibility index (Phi) is 2.75. The van der Waals surface area contributed by atoms with Gasteiger partial charge < -0.3 is 10.2 Å². The van der Waals surface area contributed by atoms with Crippen molar-refractivity contribution in [1.29, 1.82) is 0 Å². The Bertz CT molecular complexity index is 238. The Hall–Kier alpha value is -0.220. The first-order chi connectivity index (χ1) is 6.62. The summed E-state index contributed by atoms with van der Waals surface area (Å²) in [6.07, 6.45) is 0. The molecule has 0 radical (unpaired) electrons. The van der Waals surface area contributed by atoms with Gasteiger partial charge >= 0.3 is 0 Å². The molecular formula is C10H18N2OS. The van der Waals surface area contributed by atoms with Crippen molar-refractivity contribution in [2.45, 2.75) is 19.9 Å². The number of thioether (sulfide) groups is 1. The van der Waals surface area contributed by atoms with Crippen molar-refractivity contribution in [2.24, 2.45) is 5.41 Å². The van der Waals surface area contributed by atoms with E-state index in [1.54, 1.807) is 0 Å². The molecule has 0 aromatic rings. The lowest BCUT2D eigenvalue weighted by molar-refractivity contribution is -0.139. The van der Waals surface area contributed by atoms with Crippen molar-refractivity contribution >= 4 is 17.7 Å². The first kappa shape index (κ1) is 10.3. The van der Waals surface area contributed by atoms with E-state index in [1.807, 2.05) is 16.7 Å². The second-order valence-electron chi connectivity index (χ2n) is 4.60. The van der Waals surface area contributed by atoms with E-state index in [-0.39, 0.29) is 5.41 Å². The zero-order valence-electron chi connectivity index (χ0n) is 8.88. The molecule has 0 saturated carbocycles. The minimum Gasteiger partial charge on any atom is -0.340 e. The first-order valence-electron chi connectivity index (χ1n) is 5.23. The van der Waals surface area contributed by atoms with Gasteiger partial charge in [0, 0.05) is 37.2 Å². The summed E-state index contributed by atoms with van der Waals surface area (Å²) in [5, 5.41) is 3.49. The minimum atomic E-state index is -0.232. The topological polar surface area (TPSA) is 32.3 Å². The molecule has 3 nitrogen and oxygen atoms in total. The molecule has 2 aliphatic heterocycles. The van der Waals surface area contributed by atoms with Crippen LogP contribution in [0.1, 0.15) is 13.8 Å². The number of hydrogen-bond donors (Lipinski definition) is 1. The summed E-state index contributed by atoms with van der Waals surface area (Å²) < 4.78 is 0. The van der Waals surface area contributed by atoms with Crippen molar-refractivity contribution in [3.05, 3.63) is 0 Å². The molecule has 2 bridgehead atoms. The Balaban J connectivity index is 2.29. The fourth-order valence-corrected chi connectivity index (χ4v) is 3.43. The highest BCUT2D eigenvalue weighted by Gasteiger charge is 2.42. The summed E-state index contributed by atoms with van der Waals surface area (Å²) >= 11 is 1.95. The van der Waals surface area contributed by atoms with Gasteiger partial charge in [-0.2, -0.15) is 11.8 Å². The molecule has 2 heterocycles. The molecule has 0 spiro atoms. The molecular weight excluding hydrogens is 196 g/mol. The minimum absolute atomic E-state index is 0.232. The highest BCUT2D eigenvalue weighted by atomic mass is 32.2. The zero-order chi connectivity index (χ0) is 10.2. The van der Waals surface area contributed by atoms with Crippen LogP contribution in [0.4, 0.5) is 0 Å². The predicted molar refractivity (Wildman–Crippen MR) is 59.5 cm³/mol. The SMILES string of the molecule is CC1(C)C(=O)N2CCNC1CSCC2. The van der Waals surface area contributed by atoms with Crippen LogP contribution >= 0.6 is 11.8 Å². The lowest BCUT2D eigenvalue weighted by Gasteiger charge is -2.36. The lowest BCUT2D eigenvalue weighted by atomic mass is 9.84. The van der Waals surface area contributed by atoms with E-state index < -0.39 is 0 Å². The lowest BCUT2D eigenvalue weighted by Crippen LogP contribution is -2.50. The Morgan fingerprint density at radius 1 is 1.50 bits per heavy atom. The zero-order valence-corrected chi connectivity index (χ0v) is 9.69. The van der Waals surface area contributed by atoms with Crippen molar-refractivity contribution in [1.82, 2.24) is 10.2 Å². The van der Waals surface area contributed by atoms with Crippen molar-refractivity contribution in [3.63, 3.8) is 0 Å². The number of fused-ring (bicyclic) bond motifs is 3. The standard InChI is InChI=1S/C10H18N2OS/c1-10(2)8-7-14-6-5-12(9(10)13)4-3-11-8/h8,11H,3-7H2,1-2H3. The van der Waals surface area contributed by atoms with E-state index in [4.69, 9.17) is 0 Å². The van der Waals surface area contributed by atoms with Gasteiger partial charge in [-0.05, 0) is 13.8 Å². The van der Waals surface area contributed by atoms with Gasteiger partial charge in [0.2, 0.25) is 5.91 Å². The Labute approximate surface area is 89.6 Å². The van der Waals surface area contributed by atoms with E-state index in [9.17, 15) is 4.79 Å². The molecule has 1 N–H and O–H groups in total. The maximum absolute atomic E-state index is 12.2. The number of amides is 1. The number of carbonyl (C=O) groups excluding carboxylic acids is 1.